The normalized spacial score (nSPS) is 13.3. The van der Waals surface area contributed by atoms with Gasteiger partial charge in [0.15, 0.2) is 5.82 Å². The zero-order valence-corrected chi connectivity index (χ0v) is 9.67. The van der Waals surface area contributed by atoms with Crippen molar-refractivity contribution in [1.29, 1.82) is 0 Å². The van der Waals surface area contributed by atoms with Crippen LogP contribution in [0.1, 0.15) is 26.1 Å². The molecule has 0 amide bonds. The predicted molar refractivity (Wildman–Crippen MR) is 57.6 cm³/mol. The molecule has 0 bridgehead atoms. The number of halogens is 1. The van der Waals surface area contributed by atoms with Crippen LogP contribution in [0.2, 0.25) is 0 Å². The monoisotopic (exact) mass is 233 g/mol. The van der Waals surface area contributed by atoms with Crippen molar-refractivity contribution in [2.75, 3.05) is 6.54 Å². The summed E-state index contributed by atoms with van der Waals surface area (Å²) in [5.41, 5.74) is 0. The maximum atomic E-state index is 10.7. The van der Waals surface area contributed by atoms with Crippen LogP contribution in [0.3, 0.4) is 0 Å². The maximum Gasteiger partial charge on any atom is 0.438 e. The van der Waals surface area contributed by atoms with Crippen molar-refractivity contribution in [2.45, 2.75) is 26.7 Å². The Morgan fingerprint density at radius 3 is 2.80 bits per heavy atom. The second-order valence-electron chi connectivity index (χ2n) is 4.08. The average molecular weight is 234 g/mol. The number of hydrogen-bond acceptors (Lipinski definition) is 4. The van der Waals surface area contributed by atoms with Crippen LogP contribution in [0, 0.1) is 11.8 Å². The van der Waals surface area contributed by atoms with Crippen LogP contribution < -0.4 is 10.6 Å². The minimum Gasteiger partial charge on any atom is -0.296 e. The second-order valence-corrected chi connectivity index (χ2v) is 4.35. The lowest BCUT2D eigenvalue weighted by Gasteiger charge is -2.15. The number of rotatable bonds is 6. The molecule has 15 heavy (non-hydrogen) atoms. The molecule has 0 saturated carbocycles. The number of aromatic nitrogens is 2. The largest absolute Gasteiger partial charge is 0.438 e. The van der Waals surface area contributed by atoms with Gasteiger partial charge in [-0.3, -0.25) is 9.51 Å². The zero-order chi connectivity index (χ0) is 11.3. The lowest BCUT2D eigenvalue weighted by Crippen LogP contribution is -2.20. The molecule has 6 heteroatoms. The smallest absolute Gasteiger partial charge is 0.296 e. The Balaban J connectivity index is 2.53. The fourth-order valence-corrected chi connectivity index (χ4v) is 1.85. The highest BCUT2D eigenvalue weighted by Crippen LogP contribution is 2.14. The van der Waals surface area contributed by atoms with Gasteiger partial charge in [-0.1, -0.05) is 19.0 Å². The van der Waals surface area contributed by atoms with E-state index < -0.39 is 5.76 Å². The van der Waals surface area contributed by atoms with E-state index in [2.05, 4.69) is 33.3 Å². The molecule has 1 unspecified atom stereocenters. The van der Waals surface area contributed by atoms with Gasteiger partial charge in [-0.25, -0.2) is 9.63 Å². The summed E-state index contributed by atoms with van der Waals surface area (Å²) < 4.78 is 4.43. The molecule has 0 radical (unpaired) electrons. The summed E-state index contributed by atoms with van der Waals surface area (Å²) in [7, 11) is 0. The van der Waals surface area contributed by atoms with Gasteiger partial charge in [0.05, 0.1) is 0 Å². The van der Waals surface area contributed by atoms with Crippen molar-refractivity contribution in [1.82, 2.24) is 15.0 Å². The molecule has 0 saturated heterocycles. The van der Waals surface area contributed by atoms with E-state index >= 15 is 0 Å². The highest BCUT2D eigenvalue weighted by atomic mass is 35.5. The van der Waals surface area contributed by atoms with E-state index in [0.717, 1.165) is 6.42 Å². The standard InChI is InChI=1S/C9H16ClN3O2/c1-6(2)3-7(5-11-10)4-8-12-9(14)15-13-8/h6-7,11H,3-5H2,1-2H3,(H,12,13,14). The molecule has 1 rings (SSSR count). The molecule has 1 aromatic rings. The van der Waals surface area contributed by atoms with E-state index in [9.17, 15) is 4.79 Å². The Kier molecular flexibility index (Phi) is 4.84. The summed E-state index contributed by atoms with van der Waals surface area (Å²) in [4.78, 5) is 15.9. The van der Waals surface area contributed by atoms with Gasteiger partial charge in [0.25, 0.3) is 0 Å². The minimum absolute atomic E-state index is 0.350. The highest BCUT2D eigenvalue weighted by Gasteiger charge is 2.14. The summed E-state index contributed by atoms with van der Waals surface area (Å²) in [5, 5.41) is 3.63. The van der Waals surface area contributed by atoms with E-state index in [4.69, 9.17) is 11.8 Å². The maximum absolute atomic E-state index is 10.7. The van der Waals surface area contributed by atoms with E-state index in [1.807, 2.05) is 0 Å². The molecular formula is C9H16ClN3O2. The van der Waals surface area contributed by atoms with E-state index in [1.54, 1.807) is 0 Å². The van der Waals surface area contributed by atoms with Crippen molar-refractivity contribution >= 4 is 11.8 Å². The Morgan fingerprint density at radius 2 is 2.33 bits per heavy atom. The molecule has 5 nitrogen and oxygen atoms in total. The van der Waals surface area contributed by atoms with Crippen molar-refractivity contribution in [2.24, 2.45) is 11.8 Å². The van der Waals surface area contributed by atoms with Gasteiger partial charge in [-0.2, -0.15) is 0 Å². The molecule has 0 fully saturated rings. The third-order valence-corrected chi connectivity index (χ3v) is 2.29. The quantitative estimate of drug-likeness (QED) is 0.727. The van der Waals surface area contributed by atoms with Crippen LogP contribution >= 0.6 is 11.8 Å². The first-order chi connectivity index (χ1) is 7.11. The average Bonchev–Trinajstić information content (AvgIpc) is 2.50. The van der Waals surface area contributed by atoms with Gasteiger partial charge >= 0.3 is 5.76 Å². The van der Waals surface area contributed by atoms with Crippen LogP contribution in [0.15, 0.2) is 9.32 Å². The third-order valence-electron chi connectivity index (χ3n) is 2.14. The lowest BCUT2D eigenvalue weighted by atomic mass is 9.94. The number of hydrogen-bond donors (Lipinski definition) is 2. The molecule has 1 aromatic heterocycles. The minimum atomic E-state index is -0.507. The van der Waals surface area contributed by atoms with Gasteiger partial charge in [0.2, 0.25) is 0 Å². The molecular weight excluding hydrogens is 218 g/mol. The molecule has 0 aliphatic rings. The molecule has 1 heterocycles. The summed E-state index contributed by atoms with van der Waals surface area (Å²) in [6.07, 6.45) is 1.69. The van der Waals surface area contributed by atoms with Crippen molar-refractivity contribution in [3.05, 3.63) is 16.4 Å². The Bertz CT molecular complexity index is 334. The Morgan fingerprint density at radius 1 is 1.60 bits per heavy atom. The van der Waals surface area contributed by atoms with Crippen LogP contribution in [0.25, 0.3) is 0 Å². The summed E-state index contributed by atoms with van der Waals surface area (Å²) in [5.74, 6) is 1.01. The number of nitrogens with zero attached hydrogens (tertiary/aromatic N) is 1. The first-order valence-corrected chi connectivity index (χ1v) is 5.38. The van der Waals surface area contributed by atoms with Crippen LogP contribution in [-0.2, 0) is 6.42 Å². The summed E-state index contributed by atoms with van der Waals surface area (Å²) in [6.45, 7) is 4.98. The molecule has 86 valence electrons. The van der Waals surface area contributed by atoms with E-state index in [1.165, 1.54) is 0 Å². The van der Waals surface area contributed by atoms with Crippen molar-refractivity contribution in [3.8, 4) is 0 Å². The molecule has 2 N–H and O–H groups in total. The number of H-pyrrole nitrogens is 1. The summed E-state index contributed by atoms with van der Waals surface area (Å²) >= 11 is 5.49. The SMILES string of the molecule is CC(C)CC(CNCl)Cc1noc(=O)[nH]1. The second kappa shape index (κ2) is 5.92. The number of nitrogens with one attached hydrogen (secondary N) is 2. The number of aromatic amines is 1. The van der Waals surface area contributed by atoms with Gasteiger partial charge < -0.3 is 0 Å². The summed E-state index contributed by atoms with van der Waals surface area (Å²) in [6, 6.07) is 0. The fraction of sp³-hybridized carbons (Fsp3) is 0.778. The topological polar surface area (TPSA) is 70.9 Å². The molecule has 0 spiro atoms. The van der Waals surface area contributed by atoms with Crippen molar-refractivity contribution in [3.63, 3.8) is 0 Å². The Hall–Kier alpha value is -0.810. The first-order valence-electron chi connectivity index (χ1n) is 5.00. The molecule has 0 aliphatic carbocycles. The zero-order valence-electron chi connectivity index (χ0n) is 8.92. The Labute approximate surface area is 93.3 Å². The lowest BCUT2D eigenvalue weighted by molar-refractivity contribution is 0.364. The molecule has 0 aromatic carbocycles. The van der Waals surface area contributed by atoms with E-state index in [0.29, 0.717) is 30.6 Å². The van der Waals surface area contributed by atoms with Crippen LogP contribution in [0.5, 0.6) is 0 Å². The first kappa shape index (κ1) is 12.3. The van der Waals surface area contributed by atoms with Gasteiger partial charge in [-0.15, -0.1) is 0 Å². The van der Waals surface area contributed by atoms with Crippen molar-refractivity contribution < 1.29 is 4.52 Å². The third kappa shape index (κ3) is 4.48. The van der Waals surface area contributed by atoms with Crippen LogP contribution in [-0.4, -0.2) is 16.7 Å². The van der Waals surface area contributed by atoms with Gasteiger partial charge in [-0.05, 0) is 30.0 Å². The van der Waals surface area contributed by atoms with E-state index in [-0.39, 0.29) is 0 Å². The van der Waals surface area contributed by atoms with Gasteiger partial charge in [0.1, 0.15) is 0 Å². The molecule has 0 aliphatic heterocycles. The predicted octanol–water partition coefficient (Wildman–Crippen LogP) is 1.31. The van der Waals surface area contributed by atoms with Gasteiger partial charge in [0, 0.05) is 13.0 Å². The highest BCUT2D eigenvalue weighted by molar-refractivity contribution is 6.13. The van der Waals surface area contributed by atoms with Crippen LogP contribution in [0.4, 0.5) is 0 Å². The molecule has 1 atom stereocenters. The fourth-order valence-electron chi connectivity index (χ4n) is 1.64.